The Morgan fingerprint density at radius 1 is 1.28 bits per heavy atom. The molecule has 1 aromatic heterocycles. The van der Waals surface area contributed by atoms with Gasteiger partial charge < -0.3 is 10.3 Å². The standard InChI is InChI=1S/C13H19F3N2/c1-17-12(11-3-2-8-18-11)9-4-6-10(7-5-9)13(14,15)16/h2-3,8-10,12,17-18H,4-7H2,1H3. The summed E-state index contributed by atoms with van der Waals surface area (Å²) < 4.78 is 37.8. The first-order chi connectivity index (χ1) is 8.52. The Labute approximate surface area is 105 Å². The lowest BCUT2D eigenvalue weighted by molar-refractivity contribution is -0.184. The molecule has 18 heavy (non-hydrogen) atoms. The highest BCUT2D eigenvalue weighted by atomic mass is 19.4. The average Bonchev–Trinajstić information content (AvgIpc) is 2.83. The van der Waals surface area contributed by atoms with Crippen molar-refractivity contribution in [3.05, 3.63) is 24.0 Å². The molecular weight excluding hydrogens is 241 g/mol. The molecule has 2 nitrogen and oxygen atoms in total. The molecule has 1 aliphatic carbocycles. The molecule has 1 unspecified atom stereocenters. The number of nitrogens with one attached hydrogen (secondary N) is 2. The van der Waals surface area contributed by atoms with Crippen molar-refractivity contribution in [1.29, 1.82) is 0 Å². The maximum absolute atomic E-state index is 12.6. The summed E-state index contributed by atoms with van der Waals surface area (Å²) in [6.45, 7) is 0. The van der Waals surface area contributed by atoms with E-state index in [1.54, 1.807) is 0 Å². The first-order valence-electron chi connectivity index (χ1n) is 6.39. The lowest BCUT2D eigenvalue weighted by Gasteiger charge is -2.34. The van der Waals surface area contributed by atoms with Crippen LogP contribution < -0.4 is 5.32 Å². The number of aromatic amines is 1. The molecular formula is C13H19F3N2. The molecule has 2 N–H and O–H groups in total. The number of hydrogen-bond donors (Lipinski definition) is 2. The van der Waals surface area contributed by atoms with Crippen LogP contribution in [0.3, 0.4) is 0 Å². The normalized spacial score (nSPS) is 27.1. The molecule has 0 aromatic carbocycles. The van der Waals surface area contributed by atoms with E-state index in [0.29, 0.717) is 12.8 Å². The third-order valence-electron chi connectivity index (χ3n) is 3.97. The molecule has 1 aromatic rings. The van der Waals surface area contributed by atoms with Crippen LogP contribution in [0.25, 0.3) is 0 Å². The SMILES string of the molecule is CNC(c1ccc[nH]1)C1CCC(C(F)(F)F)CC1. The summed E-state index contributed by atoms with van der Waals surface area (Å²) in [6, 6.07) is 4.03. The van der Waals surface area contributed by atoms with Crippen LogP contribution in [0, 0.1) is 11.8 Å². The summed E-state index contributed by atoms with van der Waals surface area (Å²) in [7, 11) is 1.86. The van der Waals surface area contributed by atoms with Gasteiger partial charge in [0.25, 0.3) is 0 Å². The second-order valence-corrected chi connectivity index (χ2v) is 5.05. The van der Waals surface area contributed by atoms with Crippen molar-refractivity contribution >= 4 is 0 Å². The molecule has 1 saturated carbocycles. The Kier molecular flexibility index (Phi) is 4.00. The smallest absolute Gasteiger partial charge is 0.364 e. The van der Waals surface area contributed by atoms with Crippen LogP contribution in [-0.2, 0) is 0 Å². The number of alkyl halides is 3. The first-order valence-corrected chi connectivity index (χ1v) is 6.39. The fourth-order valence-corrected chi connectivity index (χ4v) is 2.96. The molecule has 1 fully saturated rings. The molecule has 1 atom stereocenters. The summed E-state index contributed by atoms with van der Waals surface area (Å²) in [5.74, 6) is -0.817. The van der Waals surface area contributed by atoms with Crippen LogP contribution in [0.5, 0.6) is 0 Å². The van der Waals surface area contributed by atoms with Crippen molar-refractivity contribution in [2.45, 2.75) is 37.9 Å². The predicted molar refractivity (Wildman–Crippen MR) is 64.1 cm³/mol. The molecule has 0 radical (unpaired) electrons. The molecule has 0 amide bonds. The molecule has 0 aliphatic heterocycles. The van der Waals surface area contributed by atoms with Crippen molar-refractivity contribution in [3.63, 3.8) is 0 Å². The van der Waals surface area contributed by atoms with Crippen molar-refractivity contribution in [3.8, 4) is 0 Å². The van der Waals surface area contributed by atoms with Crippen LogP contribution in [0.1, 0.15) is 37.4 Å². The largest absolute Gasteiger partial charge is 0.391 e. The summed E-state index contributed by atoms with van der Waals surface area (Å²) >= 11 is 0. The number of aromatic nitrogens is 1. The van der Waals surface area contributed by atoms with Crippen LogP contribution in [0.4, 0.5) is 13.2 Å². The topological polar surface area (TPSA) is 27.8 Å². The van der Waals surface area contributed by atoms with Gasteiger partial charge in [0.1, 0.15) is 0 Å². The van der Waals surface area contributed by atoms with Gasteiger partial charge in [0.15, 0.2) is 0 Å². The Bertz CT molecular complexity index is 351. The van der Waals surface area contributed by atoms with Gasteiger partial charge in [0.05, 0.1) is 5.92 Å². The fourth-order valence-electron chi connectivity index (χ4n) is 2.96. The molecule has 1 heterocycles. The highest BCUT2D eigenvalue weighted by molar-refractivity contribution is 5.10. The molecule has 0 bridgehead atoms. The Morgan fingerprint density at radius 3 is 2.39 bits per heavy atom. The Hall–Kier alpha value is -0.970. The van der Waals surface area contributed by atoms with E-state index in [2.05, 4.69) is 10.3 Å². The Balaban J connectivity index is 1.96. The highest BCUT2D eigenvalue weighted by Gasteiger charge is 2.42. The van der Waals surface area contributed by atoms with Gasteiger partial charge >= 0.3 is 6.18 Å². The van der Waals surface area contributed by atoms with Gasteiger partial charge in [0, 0.05) is 17.9 Å². The van der Waals surface area contributed by atoms with Crippen molar-refractivity contribution in [1.82, 2.24) is 10.3 Å². The zero-order valence-corrected chi connectivity index (χ0v) is 10.4. The number of hydrogen-bond acceptors (Lipinski definition) is 1. The summed E-state index contributed by atoms with van der Waals surface area (Å²) in [4.78, 5) is 3.14. The van der Waals surface area contributed by atoms with Gasteiger partial charge in [-0.05, 0) is 50.8 Å². The van der Waals surface area contributed by atoms with Gasteiger partial charge in [-0.3, -0.25) is 0 Å². The van der Waals surface area contributed by atoms with E-state index < -0.39 is 12.1 Å². The number of halogens is 3. The van der Waals surface area contributed by atoms with Gasteiger partial charge in [-0.1, -0.05) is 0 Å². The van der Waals surface area contributed by atoms with E-state index in [4.69, 9.17) is 0 Å². The van der Waals surface area contributed by atoms with Crippen LogP contribution in [0.15, 0.2) is 18.3 Å². The van der Waals surface area contributed by atoms with Gasteiger partial charge in [-0.15, -0.1) is 0 Å². The number of H-pyrrole nitrogens is 1. The third-order valence-corrected chi connectivity index (χ3v) is 3.97. The van der Waals surface area contributed by atoms with Crippen LogP contribution in [-0.4, -0.2) is 18.2 Å². The minimum Gasteiger partial charge on any atom is -0.364 e. The van der Waals surface area contributed by atoms with E-state index in [1.807, 2.05) is 25.4 Å². The molecule has 2 rings (SSSR count). The molecule has 102 valence electrons. The predicted octanol–water partition coefficient (Wildman–Crippen LogP) is 3.64. The second-order valence-electron chi connectivity index (χ2n) is 5.05. The van der Waals surface area contributed by atoms with Crippen molar-refractivity contribution < 1.29 is 13.2 Å². The summed E-state index contributed by atoms with van der Waals surface area (Å²) in [5, 5.41) is 3.22. The van der Waals surface area contributed by atoms with Gasteiger partial charge in [-0.2, -0.15) is 13.2 Å². The Morgan fingerprint density at radius 2 is 1.94 bits per heavy atom. The summed E-state index contributed by atoms with van der Waals surface area (Å²) in [6.07, 6.45) is -0.392. The zero-order valence-electron chi connectivity index (χ0n) is 10.4. The lowest BCUT2D eigenvalue weighted by Crippen LogP contribution is -2.33. The van der Waals surface area contributed by atoms with Gasteiger partial charge in [-0.25, -0.2) is 0 Å². The third kappa shape index (κ3) is 2.88. The molecule has 0 saturated heterocycles. The lowest BCUT2D eigenvalue weighted by atomic mass is 9.77. The van der Waals surface area contributed by atoms with E-state index in [0.717, 1.165) is 5.69 Å². The average molecular weight is 260 g/mol. The van der Waals surface area contributed by atoms with Gasteiger partial charge in [0.2, 0.25) is 0 Å². The fraction of sp³-hybridized carbons (Fsp3) is 0.692. The molecule has 1 aliphatic rings. The minimum absolute atomic E-state index is 0.134. The van der Waals surface area contributed by atoms with E-state index in [9.17, 15) is 13.2 Å². The monoisotopic (exact) mass is 260 g/mol. The van der Waals surface area contributed by atoms with Crippen LogP contribution >= 0.6 is 0 Å². The van der Waals surface area contributed by atoms with E-state index >= 15 is 0 Å². The quantitative estimate of drug-likeness (QED) is 0.853. The molecule has 0 spiro atoms. The van der Waals surface area contributed by atoms with Crippen LogP contribution in [0.2, 0.25) is 0 Å². The minimum atomic E-state index is -4.02. The zero-order chi connectivity index (χ0) is 13.2. The summed E-state index contributed by atoms with van der Waals surface area (Å²) in [5.41, 5.74) is 1.06. The second kappa shape index (κ2) is 5.34. The number of rotatable bonds is 3. The maximum Gasteiger partial charge on any atom is 0.391 e. The first kappa shape index (κ1) is 13.5. The maximum atomic E-state index is 12.6. The van der Waals surface area contributed by atoms with E-state index in [1.165, 1.54) is 0 Å². The van der Waals surface area contributed by atoms with E-state index in [-0.39, 0.29) is 24.8 Å². The molecule has 5 heteroatoms. The highest BCUT2D eigenvalue weighted by Crippen LogP contribution is 2.42. The van der Waals surface area contributed by atoms with Crippen molar-refractivity contribution in [2.24, 2.45) is 11.8 Å². The van der Waals surface area contributed by atoms with Crippen molar-refractivity contribution in [2.75, 3.05) is 7.05 Å².